The number of benzene rings is 2. The maximum absolute atomic E-state index is 13.5. The van der Waals surface area contributed by atoms with Crippen LogP contribution in [0.4, 0.5) is 14.6 Å². The Balaban J connectivity index is 1.88. The van der Waals surface area contributed by atoms with Crippen molar-refractivity contribution in [3.05, 3.63) is 65.7 Å². The minimum absolute atomic E-state index is 0.284. The molecule has 0 atom stereocenters. The van der Waals surface area contributed by atoms with Gasteiger partial charge in [-0.2, -0.15) is 5.10 Å². The van der Waals surface area contributed by atoms with Gasteiger partial charge >= 0.3 is 0 Å². The monoisotopic (exact) mass is 297 g/mol. The first-order valence-corrected chi connectivity index (χ1v) is 7.10. The molecule has 5 heteroatoms. The minimum atomic E-state index is -0.286. The Kier molecular flexibility index (Phi) is 2.92. The zero-order chi connectivity index (χ0) is 15.1. The van der Waals surface area contributed by atoms with Gasteiger partial charge in [0.15, 0.2) is 0 Å². The molecule has 0 aliphatic carbocycles. The van der Waals surface area contributed by atoms with Gasteiger partial charge in [-0.3, -0.25) is 0 Å². The second kappa shape index (κ2) is 4.94. The third-order valence-corrected chi connectivity index (χ3v) is 3.82. The van der Waals surface area contributed by atoms with E-state index < -0.39 is 0 Å². The number of nitrogens with one attached hydrogen (secondary N) is 1. The summed E-state index contributed by atoms with van der Waals surface area (Å²) in [6.07, 6.45) is 0.836. The molecule has 0 fully saturated rings. The summed E-state index contributed by atoms with van der Waals surface area (Å²) >= 11 is 0. The molecule has 22 heavy (non-hydrogen) atoms. The van der Waals surface area contributed by atoms with Crippen molar-refractivity contribution in [1.29, 1.82) is 0 Å². The van der Waals surface area contributed by atoms with Gasteiger partial charge in [-0.25, -0.2) is 13.5 Å². The van der Waals surface area contributed by atoms with Crippen LogP contribution in [-0.2, 0) is 6.42 Å². The molecule has 0 radical (unpaired) electrons. The fourth-order valence-corrected chi connectivity index (χ4v) is 2.81. The Hall–Kier alpha value is -2.69. The van der Waals surface area contributed by atoms with E-state index >= 15 is 0 Å². The molecular weight excluding hydrogens is 284 g/mol. The predicted molar refractivity (Wildman–Crippen MR) is 81.1 cm³/mol. The van der Waals surface area contributed by atoms with Gasteiger partial charge in [0.2, 0.25) is 0 Å². The fraction of sp³-hybridized carbons (Fsp3) is 0.118. The Morgan fingerprint density at radius 3 is 2.59 bits per heavy atom. The van der Waals surface area contributed by atoms with Crippen molar-refractivity contribution in [2.45, 2.75) is 6.42 Å². The Morgan fingerprint density at radius 1 is 1.00 bits per heavy atom. The van der Waals surface area contributed by atoms with Crippen LogP contribution in [0.2, 0.25) is 0 Å². The lowest BCUT2D eigenvalue weighted by Gasteiger charge is -2.06. The van der Waals surface area contributed by atoms with Crippen molar-refractivity contribution in [2.24, 2.45) is 0 Å². The van der Waals surface area contributed by atoms with Crippen LogP contribution >= 0.6 is 0 Å². The van der Waals surface area contributed by atoms with Gasteiger partial charge in [0.05, 0.1) is 11.4 Å². The number of aromatic nitrogens is 2. The molecule has 1 aliphatic rings. The van der Waals surface area contributed by atoms with Gasteiger partial charge in [0.1, 0.15) is 17.5 Å². The summed E-state index contributed by atoms with van der Waals surface area (Å²) in [6, 6.07) is 12.6. The molecule has 2 heterocycles. The highest BCUT2D eigenvalue weighted by molar-refractivity contribution is 5.72. The lowest BCUT2D eigenvalue weighted by molar-refractivity contribution is 0.626. The molecule has 110 valence electrons. The van der Waals surface area contributed by atoms with Crippen LogP contribution < -0.4 is 5.32 Å². The lowest BCUT2D eigenvalue weighted by Crippen LogP contribution is -2.04. The van der Waals surface area contributed by atoms with Crippen LogP contribution in [0.1, 0.15) is 5.56 Å². The van der Waals surface area contributed by atoms with Crippen LogP contribution in [0.5, 0.6) is 0 Å². The van der Waals surface area contributed by atoms with Crippen LogP contribution in [0.25, 0.3) is 16.9 Å². The number of nitrogens with zero attached hydrogens (tertiary/aromatic N) is 2. The fourth-order valence-electron chi connectivity index (χ4n) is 2.81. The smallest absolute Gasteiger partial charge is 0.133 e. The van der Waals surface area contributed by atoms with E-state index in [-0.39, 0.29) is 11.6 Å². The van der Waals surface area contributed by atoms with Crippen molar-refractivity contribution in [3.8, 4) is 16.9 Å². The number of rotatable bonds is 2. The quantitative estimate of drug-likeness (QED) is 0.780. The molecule has 2 aromatic carbocycles. The average molecular weight is 297 g/mol. The van der Waals surface area contributed by atoms with E-state index in [2.05, 4.69) is 10.4 Å². The molecule has 0 unspecified atom stereocenters. The number of fused-ring (bicyclic) bond motifs is 1. The van der Waals surface area contributed by atoms with E-state index in [1.54, 1.807) is 22.9 Å². The predicted octanol–water partition coefficient (Wildman–Crippen LogP) is 3.79. The summed E-state index contributed by atoms with van der Waals surface area (Å²) < 4.78 is 28.3. The molecule has 0 saturated carbocycles. The van der Waals surface area contributed by atoms with Crippen LogP contribution in [-0.4, -0.2) is 16.3 Å². The van der Waals surface area contributed by atoms with Crippen molar-refractivity contribution >= 4 is 5.82 Å². The number of anilines is 1. The van der Waals surface area contributed by atoms with Crippen molar-refractivity contribution in [2.75, 3.05) is 11.9 Å². The zero-order valence-corrected chi connectivity index (χ0v) is 11.7. The Bertz CT molecular complexity index is 838. The van der Waals surface area contributed by atoms with Crippen molar-refractivity contribution < 1.29 is 8.78 Å². The summed E-state index contributed by atoms with van der Waals surface area (Å²) in [5, 5.41) is 7.91. The molecule has 1 aliphatic heterocycles. The molecule has 1 N–H and O–H groups in total. The van der Waals surface area contributed by atoms with Crippen molar-refractivity contribution in [1.82, 2.24) is 9.78 Å². The first-order chi connectivity index (χ1) is 10.7. The Morgan fingerprint density at radius 2 is 1.82 bits per heavy atom. The molecule has 3 aromatic rings. The van der Waals surface area contributed by atoms with E-state index in [1.165, 1.54) is 24.3 Å². The molecule has 0 bridgehead atoms. The summed E-state index contributed by atoms with van der Waals surface area (Å²) in [4.78, 5) is 0. The molecule has 4 rings (SSSR count). The van der Waals surface area contributed by atoms with E-state index in [0.29, 0.717) is 0 Å². The molecule has 0 spiro atoms. The number of hydrogen-bond donors (Lipinski definition) is 1. The topological polar surface area (TPSA) is 29.9 Å². The van der Waals surface area contributed by atoms with E-state index in [0.717, 1.165) is 41.3 Å². The van der Waals surface area contributed by atoms with Crippen LogP contribution in [0, 0.1) is 11.6 Å². The summed E-state index contributed by atoms with van der Waals surface area (Å²) in [5.74, 6) is 0.324. The normalized spacial score (nSPS) is 13.0. The highest BCUT2D eigenvalue weighted by atomic mass is 19.1. The average Bonchev–Trinajstić information content (AvgIpc) is 3.10. The third-order valence-electron chi connectivity index (χ3n) is 3.82. The van der Waals surface area contributed by atoms with E-state index in [9.17, 15) is 8.78 Å². The van der Waals surface area contributed by atoms with Gasteiger partial charge in [-0.05, 0) is 42.8 Å². The van der Waals surface area contributed by atoms with Crippen LogP contribution in [0.3, 0.4) is 0 Å². The number of hydrogen-bond acceptors (Lipinski definition) is 2. The van der Waals surface area contributed by atoms with Gasteiger partial charge in [0.25, 0.3) is 0 Å². The first-order valence-electron chi connectivity index (χ1n) is 7.10. The SMILES string of the molecule is Fc1ccc(-n2nc(-c3cccc(F)c3)c3c2NCC3)cc1. The second-order valence-electron chi connectivity index (χ2n) is 5.25. The van der Waals surface area contributed by atoms with Gasteiger partial charge in [-0.1, -0.05) is 12.1 Å². The maximum Gasteiger partial charge on any atom is 0.133 e. The highest BCUT2D eigenvalue weighted by Gasteiger charge is 2.24. The molecule has 0 amide bonds. The maximum atomic E-state index is 13.5. The molecule has 0 saturated heterocycles. The first kappa shape index (κ1) is 13.0. The van der Waals surface area contributed by atoms with Crippen molar-refractivity contribution in [3.63, 3.8) is 0 Å². The van der Waals surface area contributed by atoms with Gasteiger partial charge in [0, 0.05) is 17.7 Å². The van der Waals surface area contributed by atoms with E-state index in [1.807, 2.05) is 6.07 Å². The van der Waals surface area contributed by atoms with Gasteiger partial charge < -0.3 is 5.32 Å². The highest BCUT2D eigenvalue weighted by Crippen LogP contribution is 2.34. The van der Waals surface area contributed by atoms with Crippen LogP contribution in [0.15, 0.2) is 48.5 Å². The Labute approximate surface area is 126 Å². The lowest BCUT2D eigenvalue weighted by atomic mass is 10.1. The summed E-state index contributed by atoms with van der Waals surface area (Å²) in [5.41, 5.74) is 3.36. The third kappa shape index (κ3) is 2.06. The molecule has 3 nitrogen and oxygen atoms in total. The second-order valence-corrected chi connectivity index (χ2v) is 5.25. The molecular formula is C17H13F2N3. The number of halogens is 2. The van der Waals surface area contributed by atoms with E-state index in [4.69, 9.17) is 0 Å². The van der Waals surface area contributed by atoms with Gasteiger partial charge in [-0.15, -0.1) is 0 Å². The standard InChI is InChI=1S/C17H13F2N3/c18-12-4-6-14(7-5-12)22-17-15(8-9-20-17)16(21-22)11-2-1-3-13(19)10-11/h1-7,10,20H,8-9H2. The molecule has 1 aromatic heterocycles. The minimum Gasteiger partial charge on any atom is -0.369 e. The largest absolute Gasteiger partial charge is 0.369 e. The zero-order valence-electron chi connectivity index (χ0n) is 11.7. The summed E-state index contributed by atoms with van der Waals surface area (Å²) in [6.45, 7) is 0.816. The summed E-state index contributed by atoms with van der Waals surface area (Å²) in [7, 11) is 0.